The number of methoxy groups -OCH3 is 1. The number of aliphatic hydroxyl groups excluding tert-OH is 1. The average Bonchev–Trinajstić information content (AvgIpc) is 3.09. The second-order valence-electron chi connectivity index (χ2n) is 5.84. The first-order chi connectivity index (χ1) is 12.5. The monoisotopic (exact) mass is 463 g/mol. The maximum absolute atomic E-state index is 12.3. The van der Waals surface area contributed by atoms with Gasteiger partial charge in [-0.05, 0) is 70.6 Å². The van der Waals surface area contributed by atoms with Crippen molar-refractivity contribution in [3.63, 3.8) is 0 Å². The lowest BCUT2D eigenvalue weighted by molar-refractivity contribution is 0.104. The molecule has 0 radical (unpaired) electrons. The van der Waals surface area contributed by atoms with Crippen LogP contribution in [0.25, 0.3) is 6.08 Å². The molecule has 0 fully saturated rings. The number of carbonyl (C=O) groups is 1. The molecule has 1 aliphatic heterocycles. The summed E-state index contributed by atoms with van der Waals surface area (Å²) in [5.41, 5.74) is 2.35. The zero-order valence-electron chi connectivity index (χ0n) is 14.2. The summed E-state index contributed by atoms with van der Waals surface area (Å²) in [5.74, 6) is 0.703. The number of allylic oxidation sites excluding steroid dienone is 1. The molecule has 0 saturated carbocycles. The zero-order valence-corrected chi connectivity index (χ0v) is 16.3. The summed E-state index contributed by atoms with van der Waals surface area (Å²) >= 11 is 2.09. The second kappa shape index (κ2) is 7.96. The largest absolute Gasteiger partial charge is 0.497 e. The van der Waals surface area contributed by atoms with E-state index in [1.165, 1.54) is 0 Å². The van der Waals surface area contributed by atoms with Gasteiger partial charge in [-0.1, -0.05) is 23.4 Å². The lowest BCUT2D eigenvalue weighted by Gasteiger charge is -2.17. The van der Waals surface area contributed by atoms with Gasteiger partial charge in [0, 0.05) is 5.56 Å². The number of aliphatic hydroxyl groups is 1. The predicted molar refractivity (Wildman–Crippen MR) is 109 cm³/mol. The smallest absolute Gasteiger partial charge is 0.185 e. The van der Waals surface area contributed by atoms with E-state index in [1.807, 2.05) is 36.4 Å². The van der Waals surface area contributed by atoms with Crippen LogP contribution in [-0.4, -0.2) is 34.7 Å². The van der Waals surface area contributed by atoms with E-state index >= 15 is 0 Å². The molecule has 0 aromatic heterocycles. The fraction of sp³-hybridized carbons (Fsp3) is 0.211. The Hall–Kier alpha value is -2.26. The first-order valence-corrected chi connectivity index (χ1v) is 9.07. The molecule has 2 aromatic carbocycles. The number of benzene rings is 2. The molecule has 1 heterocycles. The molecule has 0 aliphatic carbocycles. The summed E-state index contributed by atoms with van der Waals surface area (Å²) in [4.78, 5) is 12.3. The van der Waals surface area contributed by atoms with E-state index in [9.17, 15) is 9.90 Å². The van der Waals surface area contributed by atoms with Crippen LogP contribution in [0.15, 0.2) is 64.9 Å². The quantitative estimate of drug-likeness (QED) is 0.232. The zero-order chi connectivity index (χ0) is 18.6. The average molecular weight is 463 g/mol. The Bertz CT molecular complexity index is 834. The molecule has 0 spiro atoms. The van der Waals surface area contributed by atoms with Crippen LogP contribution in [0.2, 0.25) is 0 Å². The molecule has 1 unspecified atom stereocenters. The maximum Gasteiger partial charge on any atom is 0.185 e. The van der Waals surface area contributed by atoms with Gasteiger partial charge in [-0.3, -0.25) is 4.79 Å². The molecule has 0 saturated heterocycles. The first-order valence-electron chi connectivity index (χ1n) is 8.00. The highest BCUT2D eigenvalue weighted by Gasteiger charge is 2.34. The fourth-order valence-corrected chi connectivity index (χ4v) is 2.85. The van der Waals surface area contributed by atoms with Crippen LogP contribution in [-0.2, 0) is 0 Å². The third kappa shape index (κ3) is 4.28. The maximum atomic E-state index is 12.3. The lowest BCUT2D eigenvalue weighted by atomic mass is 10.1. The minimum atomic E-state index is -0.604. The second-order valence-corrected chi connectivity index (χ2v) is 7.85. The van der Waals surface area contributed by atoms with Gasteiger partial charge in [0.25, 0.3) is 0 Å². The van der Waals surface area contributed by atoms with Gasteiger partial charge in [0.2, 0.25) is 0 Å². The summed E-state index contributed by atoms with van der Waals surface area (Å²) in [6.45, 7) is 0.426. The van der Waals surface area contributed by atoms with Gasteiger partial charge in [-0.25, -0.2) is 5.01 Å². The number of halogens is 1. The number of alkyl halides is 1. The van der Waals surface area contributed by atoms with Crippen LogP contribution in [0.5, 0.6) is 5.75 Å². The van der Waals surface area contributed by atoms with Crippen molar-refractivity contribution in [1.82, 2.24) is 0 Å². The Kier molecular flexibility index (Phi) is 5.67. The summed E-state index contributed by atoms with van der Waals surface area (Å²) in [5, 5.41) is 19.2. The van der Waals surface area contributed by atoms with E-state index in [4.69, 9.17) is 4.74 Å². The molecule has 134 valence electrons. The lowest BCUT2D eigenvalue weighted by Crippen LogP contribution is -2.31. The minimum Gasteiger partial charge on any atom is -0.497 e. The predicted octanol–water partition coefficient (Wildman–Crippen LogP) is 3.90. The van der Waals surface area contributed by atoms with Gasteiger partial charge < -0.3 is 9.84 Å². The molecule has 6 nitrogen and oxygen atoms in total. The van der Waals surface area contributed by atoms with Crippen molar-refractivity contribution < 1.29 is 14.6 Å². The van der Waals surface area contributed by atoms with Crippen molar-refractivity contribution in [2.24, 2.45) is 10.3 Å². The number of anilines is 1. The van der Waals surface area contributed by atoms with Crippen molar-refractivity contribution in [2.45, 2.75) is 3.55 Å². The first kappa shape index (κ1) is 18.5. The van der Waals surface area contributed by atoms with Gasteiger partial charge in [0.1, 0.15) is 5.75 Å². The SMILES string of the molecule is COc1ccc(C=CC(=O)c2ccc(N3CC(I)(CO)N=N3)cc2)cc1. The summed E-state index contributed by atoms with van der Waals surface area (Å²) in [6.07, 6.45) is 3.32. The number of rotatable bonds is 6. The van der Waals surface area contributed by atoms with Crippen molar-refractivity contribution in [1.29, 1.82) is 0 Å². The Morgan fingerprint density at radius 3 is 2.54 bits per heavy atom. The van der Waals surface area contributed by atoms with E-state index < -0.39 is 3.55 Å². The van der Waals surface area contributed by atoms with Gasteiger partial charge in [-0.15, -0.1) is 5.11 Å². The number of carbonyl (C=O) groups excluding carboxylic acids is 1. The molecule has 1 aliphatic rings. The molecule has 0 amide bonds. The summed E-state index contributed by atoms with van der Waals surface area (Å²) < 4.78 is 4.51. The molecule has 2 aromatic rings. The summed E-state index contributed by atoms with van der Waals surface area (Å²) in [7, 11) is 1.62. The van der Waals surface area contributed by atoms with Crippen molar-refractivity contribution in [3.05, 3.63) is 65.7 Å². The Balaban J connectivity index is 1.65. The molecule has 3 rings (SSSR count). The molecule has 0 bridgehead atoms. The Labute approximate surface area is 165 Å². The molecular weight excluding hydrogens is 445 g/mol. The fourth-order valence-electron chi connectivity index (χ4n) is 2.43. The molecule has 7 heteroatoms. The van der Waals surface area contributed by atoms with Crippen molar-refractivity contribution in [3.8, 4) is 5.75 Å². The van der Waals surface area contributed by atoms with Gasteiger partial charge in [0.05, 0.1) is 25.9 Å². The van der Waals surface area contributed by atoms with Crippen molar-refractivity contribution >= 4 is 40.1 Å². The van der Waals surface area contributed by atoms with Gasteiger partial charge >= 0.3 is 0 Å². The normalized spacial score (nSPS) is 19.3. The van der Waals surface area contributed by atoms with Crippen LogP contribution >= 0.6 is 22.6 Å². The van der Waals surface area contributed by atoms with Crippen LogP contribution in [0.4, 0.5) is 5.69 Å². The highest BCUT2D eigenvalue weighted by atomic mass is 127. The van der Waals surface area contributed by atoms with Crippen LogP contribution in [0, 0.1) is 0 Å². The Morgan fingerprint density at radius 1 is 1.27 bits per heavy atom. The van der Waals surface area contributed by atoms with Gasteiger partial charge in [0.15, 0.2) is 9.33 Å². The molecular formula is C19H18IN3O3. The summed E-state index contributed by atoms with van der Waals surface area (Å²) in [6, 6.07) is 14.7. The Morgan fingerprint density at radius 2 is 1.96 bits per heavy atom. The van der Waals surface area contributed by atoms with E-state index in [0.717, 1.165) is 17.0 Å². The highest BCUT2D eigenvalue weighted by molar-refractivity contribution is 14.1. The molecule has 26 heavy (non-hydrogen) atoms. The van der Waals surface area contributed by atoms with E-state index in [1.54, 1.807) is 36.4 Å². The van der Waals surface area contributed by atoms with Gasteiger partial charge in [-0.2, -0.15) is 0 Å². The van der Waals surface area contributed by atoms with E-state index in [0.29, 0.717) is 12.1 Å². The van der Waals surface area contributed by atoms with E-state index in [-0.39, 0.29) is 12.4 Å². The number of nitrogens with zero attached hydrogens (tertiary/aromatic N) is 3. The third-order valence-corrected chi connectivity index (χ3v) is 4.86. The van der Waals surface area contributed by atoms with Crippen LogP contribution < -0.4 is 9.75 Å². The third-order valence-electron chi connectivity index (χ3n) is 3.96. The number of hydrogen-bond acceptors (Lipinski definition) is 6. The minimum absolute atomic E-state index is 0.0692. The topological polar surface area (TPSA) is 74.5 Å². The van der Waals surface area contributed by atoms with E-state index in [2.05, 4.69) is 32.9 Å². The van der Waals surface area contributed by atoms with Crippen molar-refractivity contribution in [2.75, 3.05) is 25.3 Å². The number of ether oxygens (including phenoxy) is 1. The van der Waals surface area contributed by atoms with Crippen LogP contribution in [0.3, 0.4) is 0 Å². The number of hydrogen-bond donors (Lipinski definition) is 1. The highest BCUT2D eigenvalue weighted by Crippen LogP contribution is 2.31. The van der Waals surface area contributed by atoms with Crippen LogP contribution in [0.1, 0.15) is 15.9 Å². The molecule has 1 atom stereocenters. The number of ketones is 1. The molecule has 1 N–H and O–H groups in total. The standard InChI is InChI=1S/C19H18IN3O3/c1-26-17-9-2-14(3-10-17)4-11-18(25)15-5-7-16(8-6-15)23-12-19(20,13-24)21-22-23/h2-11,24H,12-13H2,1H3.